The average molecular weight is 367 g/mol. The summed E-state index contributed by atoms with van der Waals surface area (Å²) in [6.07, 6.45) is 1.76. The molecule has 1 aromatic heterocycles. The fourth-order valence-electron chi connectivity index (χ4n) is 2.10. The molecule has 5 heteroatoms. The van der Waals surface area contributed by atoms with Crippen molar-refractivity contribution in [2.75, 3.05) is 5.43 Å². The molecule has 0 atom stereocenters. The lowest BCUT2D eigenvalue weighted by molar-refractivity contribution is 1.05. The minimum Gasteiger partial charge on any atom is -0.261 e. The van der Waals surface area contributed by atoms with Crippen molar-refractivity contribution < 1.29 is 0 Å². The van der Waals surface area contributed by atoms with Crippen LogP contribution in [0.4, 0.5) is 5.82 Å². The average Bonchev–Trinajstić information content (AvgIpc) is 2.57. The molecule has 0 unspecified atom stereocenters. The second kappa shape index (κ2) is 7.15. The van der Waals surface area contributed by atoms with Crippen LogP contribution in [0.1, 0.15) is 11.4 Å². The molecule has 0 saturated carbocycles. The number of halogens is 1. The predicted molar refractivity (Wildman–Crippen MR) is 97.6 cm³/mol. The highest BCUT2D eigenvalue weighted by molar-refractivity contribution is 9.10. The topological polar surface area (TPSA) is 50.2 Å². The lowest BCUT2D eigenvalue weighted by atomic mass is 10.1. The van der Waals surface area contributed by atoms with E-state index in [0.29, 0.717) is 11.6 Å². The van der Waals surface area contributed by atoms with Crippen LogP contribution in [0.15, 0.2) is 70.2 Å². The van der Waals surface area contributed by atoms with E-state index in [2.05, 4.69) is 36.4 Å². The predicted octanol–water partition coefficient (Wildman–Crippen LogP) is 4.66. The van der Waals surface area contributed by atoms with Crippen molar-refractivity contribution in [2.24, 2.45) is 5.10 Å². The van der Waals surface area contributed by atoms with Gasteiger partial charge in [0.15, 0.2) is 0 Å². The number of nitrogens with one attached hydrogen (secondary N) is 1. The van der Waals surface area contributed by atoms with Gasteiger partial charge in [0.25, 0.3) is 0 Å². The number of rotatable bonds is 4. The monoisotopic (exact) mass is 366 g/mol. The van der Waals surface area contributed by atoms with Gasteiger partial charge in [-0.05, 0) is 24.6 Å². The second-order valence-electron chi connectivity index (χ2n) is 4.97. The lowest BCUT2D eigenvalue weighted by Crippen LogP contribution is -1.98. The maximum absolute atomic E-state index is 4.47. The number of hydrogen-bond donors (Lipinski definition) is 1. The first kappa shape index (κ1) is 15.4. The third-order valence-electron chi connectivity index (χ3n) is 3.17. The van der Waals surface area contributed by atoms with Gasteiger partial charge in [-0.2, -0.15) is 5.10 Å². The molecule has 23 heavy (non-hydrogen) atoms. The summed E-state index contributed by atoms with van der Waals surface area (Å²) in [7, 11) is 0. The van der Waals surface area contributed by atoms with E-state index in [1.807, 2.05) is 67.6 Å². The van der Waals surface area contributed by atoms with Crippen LogP contribution in [0.5, 0.6) is 0 Å². The SMILES string of the molecule is Cc1nc(N/N=C\c2ccc(Br)cc2)cc(-c2ccccc2)n1. The smallest absolute Gasteiger partial charge is 0.150 e. The summed E-state index contributed by atoms with van der Waals surface area (Å²) in [4.78, 5) is 8.83. The van der Waals surface area contributed by atoms with Crippen molar-refractivity contribution in [2.45, 2.75) is 6.92 Å². The summed E-state index contributed by atoms with van der Waals surface area (Å²) < 4.78 is 1.04. The Bertz CT molecular complexity index is 814. The molecule has 4 nitrogen and oxygen atoms in total. The maximum atomic E-state index is 4.47. The minimum absolute atomic E-state index is 0.671. The van der Waals surface area contributed by atoms with Crippen molar-refractivity contribution in [3.05, 3.63) is 76.5 Å². The molecule has 0 aliphatic carbocycles. The summed E-state index contributed by atoms with van der Waals surface area (Å²) in [6.45, 7) is 1.87. The summed E-state index contributed by atoms with van der Waals surface area (Å²) >= 11 is 3.41. The Morgan fingerprint density at radius 3 is 2.48 bits per heavy atom. The van der Waals surface area contributed by atoms with Crippen LogP contribution >= 0.6 is 15.9 Å². The van der Waals surface area contributed by atoms with Crippen LogP contribution in [0.25, 0.3) is 11.3 Å². The number of aryl methyl sites for hydroxylation is 1. The third kappa shape index (κ3) is 4.23. The number of hydrazone groups is 1. The van der Waals surface area contributed by atoms with Gasteiger partial charge in [0.05, 0.1) is 11.9 Å². The van der Waals surface area contributed by atoms with Gasteiger partial charge in [-0.15, -0.1) is 0 Å². The Morgan fingerprint density at radius 2 is 1.74 bits per heavy atom. The van der Waals surface area contributed by atoms with Crippen molar-refractivity contribution >= 4 is 28.0 Å². The van der Waals surface area contributed by atoms with Gasteiger partial charge >= 0.3 is 0 Å². The highest BCUT2D eigenvalue weighted by atomic mass is 79.9. The summed E-state index contributed by atoms with van der Waals surface area (Å²) in [5.41, 5.74) is 5.90. The summed E-state index contributed by atoms with van der Waals surface area (Å²) in [6, 6.07) is 19.8. The van der Waals surface area contributed by atoms with E-state index in [1.165, 1.54) is 0 Å². The van der Waals surface area contributed by atoms with E-state index in [9.17, 15) is 0 Å². The zero-order valence-electron chi connectivity index (χ0n) is 12.6. The first-order chi connectivity index (χ1) is 11.2. The van der Waals surface area contributed by atoms with Crippen molar-refractivity contribution in [3.63, 3.8) is 0 Å². The molecule has 0 aliphatic rings. The molecule has 0 amide bonds. The molecule has 114 valence electrons. The number of anilines is 1. The molecule has 1 heterocycles. The number of nitrogens with zero attached hydrogens (tertiary/aromatic N) is 3. The first-order valence-corrected chi connectivity index (χ1v) is 7.96. The number of benzene rings is 2. The molecule has 0 fully saturated rings. The van der Waals surface area contributed by atoms with Crippen LogP contribution in [-0.4, -0.2) is 16.2 Å². The van der Waals surface area contributed by atoms with Gasteiger partial charge in [-0.25, -0.2) is 9.97 Å². The van der Waals surface area contributed by atoms with E-state index < -0.39 is 0 Å². The fraction of sp³-hybridized carbons (Fsp3) is 0.0556. The van der Waals surface area contributed by atoms with Gasteiger partial charge in [-0.3, -0.25) is 5.43 Å². The molecule has 1 N–H and O–H groups in total. The van der Waals surface area contributed by atoms with Gasteiger partial charge in [0.1, 0.15) is 11.6 Å². The standard InChI is InChI=1S/C18H15BrN4/c1-13-21-17(15-5-3-2-4-6-15)11-18(22-13)23-20-12-14-7-9-16(19)10-8-14/h2-12H,1H3,(H,21,22,23)/b20-12-. The fourth-order valence-corrected chi connectivity index (χ4v) is 2.37. The molecule has 3 rings (SSSR count). The van der Waals surface area contributed by atoms with Crippen LogP contribution in [0.3, 0.4) is 0 Å². The molecule has 3 aromatic rings. The lowest BCUT2D eigenvalue weighted by Gasteiger charge is -2.05. The first-order valence-electron chi connectivity index (χ1n) is 7.16. The van der Waals surface area contributed by atoms with Crippen molar-refractivity contribution in [3.8, 4) is 11.3 Å². The molecule has 0 saturated heterocycles. The molecule has 0 spiro atoms. The molecular weight excluding hydrogens is 352 g/mol. The normalized spacial score (nSPS) is 10.9. The summed E-state index contributed by atoms with van der Waals surface area (Å²) in [5, 5.41) is 4.24. The van der Waals surface area contributed by atoms with Gasteiger partial charge in [0.2, 0.25) is 0 Å². The van der Waals surface area contributed by atoms with Gasteiger partial charge in [-0.1, -0.05) is 58.4 Å². The van der Waals surface area contributed by atoms with Crippen molar-refractivity contribution in [1.82, 2.24) is 9.97 Å². The van der Waals surface area contributed by atoms with E-state index >= 15 is 0 Å². The Labute approximate surface area is 143 Å². The zero-order chi connectivity index (χ0) is 16.1. The zero-order valence-corrected chi connectivity index (χ0v) is 14.2. The highest BCUT2D eigenvalue weighted by Crippen LogP contribution is 2.19. The van der Waals surface area contributed by atoms with Gasteiger partial charge in [0, 0.05) is 16.1 Å². The maximum Gasteiger partial charge on any atom is 0.150 e. The molecule has 0 bridgehead atoms. The minimum atomic E-state index is 0.671. The van der Waals surface area contributed by atoms with E-state index in [-0.39, 0.29) is 0 Å². The van der Waals surface area contributed by atoms with Crippen LogP contribution in [0.2, 0.25) is 0 Å². The third-order valence-corrected chi connectivity index (χ3v) is 3.70. The van der Waals surface area contributed by atoms with E-state index in [0.717, 1.165) is 21.3 Å². The van der Waals surface area contributed by atoms with E-state index in [4.69, 9.17) is 0 Å². The molecule has 2 aromatic carbocycles. The van der Waals surface area contributed by atoms with Crippen LogP contribution < -0.4 is 5.43 Å². The Morgan fingerprint density at radius 1 is 1.00 bits per heavy atom. The van der Waals surface area contributed by atoms with Crippen LogP contribution in [0, 0.1) is 6.92 Å². The summed E-state index contributed by atoms with van der Waals surface area (Å²) in [5.74, 6) is 1.37. The number of aromatic nitrogens is 2. The number of hydrogen-bond acceptors (Lipinski definition) is 4. The van der Waals surface area contributed by atoms with Gasteiger partial charge < -0.3 is 0 Å². The highest BCUT2D eigenvalue weighted by Gasteiger charge is 2.03. The molecule has 0 radical (unpaired) electrons. The Kier molecular flexibility index (Phi) is 4.78. The second-order valence-corrected chi connectivity index (χ2v) is 5.89. The molecular formula is C18H15BrN4. The van der Waals surface area contributed by atoms with E-state index in [1.54, 1.807) is 6.21 Å². The Balaban J connectivity index is 1.78. The Hall–Kier alpha value is -2.53. The molecule has 0 aliphatic heterocycles. The largest absolute Gasteiger partial charge is 0.261 e. The van der Waals surface area contributed by atoms with Crippen molar-refractivity contribution in [1.29, 1.82) is 0 Å². The van der Waals surface area contributed by atoms with Crippen LogP contribution in [-0.2, 0) is 0 Å². The quantitative estimate of drug-likeness (QED) is 0.539.